The van der Waals surface area contributed by atoms with Crippen molar-refractivity contribution in [1.29, 1.82) is 0 Å². The van der Waals surface area contributed by atoms with Crippen LogP contribution in [0.4, 0.5) is 5.69 Å². The van der Waals surface area contributed by atoms with Gasteiger partial charge in [-0.2, -0.15) is 0 Å². The average Bonchev–Trinajstić information content (AvgIpc) is 2.63. The quantitative estimate of drug-likeness (QED) is 0.659. The van der Waals surface area contributed by atoms with Crippen LogP contribution in [0.3, 0.4) is 0 Å². The van der Waals surface area contributed by atoms with Crippen molar-refractivity contribution in [2.75, 3.05) is 24.5 Å². The van der Waals surface area contributed by atoms with Gasteiger partial charge in [-0.1, -0.05) is 23.8 Å². The molecule has 0 saturated heterocycles. The standard InChI is InChI=1S/C19H24N2O4S/c1-3-25-13-5-12-20-19(22)16-6-4-7-18(14-16)26(23,24)21-17-10-8-15(2)9-11-17/h4,6-11,14,21H,3,5,12-13H2,1-2H3,(H,20,22). The molecule has 2 aromatic rings. The van der Waals surface area contributed by atoms with Crippen LogP contribution in [0.15, 0.2) is 53.4 Å². The van der Waals surface area contributed by atoms with Gasteiger partial charge in [-0.25, -0.2) is 8.42 Å². The molecule has 0 aromatic heterocycles. The Balaban J connectivity index is 2.04. The fraction of sp³-hybridized carbons (Fsp3) is 0.316. The van der Waals surface area contributed by atoms with Crippen LogP contribution >= 0.6 is 0 Å². The van der Waals surface area contributed by atoms with Crippen LogP contribution in [0.2, 0.25) is 0 Å². The van der Waals surface area contributed by atoms with E-state index in [4.69, 9.17) is 4.74 Å². The van der Waals surface area contributed by atoms with Crippen LogP contribution in [-0.4, -0.2) is 34.1 Å². The summed E-state index contributed by atoms with van der Waals surface area (Å²) < 4.78 is 32.8. The highest BCUT2D eigenvalue weighted by Crippen LogP contribution is 2.17. The molecule has 0 aliphatic rings. The summed E-state index contributed by atoms with van der Waals surface area (Å²) in [6.07, 6.45) is 0.701. The zero-order valence-corrected chi connectivity index (χ0v) is 15.8. The fourth-order valence-electron chi connectivity index (χ4n) is 2.26. The molecule has 0 heterocycles. The molecule has 2 aromatic carbocycles. The van der Waals surface area contributed by atoms with E-state index < -0.39 is 10.0 Å². The van der Waals surface area contributed by atoms with E-state index in [1.807, 2.05) is 26.0 Å². The van der Waals surface area contributed by atoms with E-state index >= 15 is 0 Å². The summed E-state index contributed by atoms with van der Waals surface area (Å²) in [5.74, 6) is -0.311. The first kappa shape index (κ1) is 19.9. The summed E-state index contributed by atoms with van der Waals surface area (Å²) in [6.45, 7) is 5.52. The number of aryl methyl sites for hydroxylation is 1. The van der Waals surface area contributed by atoms with Crippen molar-refractivity contribution in [2.45, 2.75) is 25.2 Å². The molecule has 26 heavy (non-hydrogen) atoms. The van der Waals surface area contributed by atoms with Crippen LogP contribution in [-0.2, 0) is 14.8 Å². The highest BCUT2D eigenvalue weighted by molar-refractivity contribution is 7.92. The maximum absolute atomic E-state index is 12.5. The Bertz CT molecular complexity index is 833. The van der Waals surface area contributed by atoms with Gasteiger partial charge in [0.05, 0.1) is 4.90 Å². The molecule has 140 valence electrons. The molecule has 7 heteroatoms. The second-order valence-corrected chi connectivity index (χ2v) is 7.49. The molecule has 0 atom stereocenters. The predicted octanol–water partition coefficient (Wildman–Crippen LogP) is 2.95. The van der Waals surface area contributed by atoms with E-state index in [-0.39, 0.29) is 10.8 Å². The van der Waals surface area contributed by atoms with Gasteiger partial charge in [-0.3, -0.25) is 9.52 Å². The lowest BCUT2D eigenvalue weighted by Gasteiger charge is -2.10. The van der Waals surface area contributed by atoms with Crippen LogP contribution in [0.5, 0.6) is 0 Å². The molecule has 2 N–H and O–H groups in total. The lowest BCUT2D eigenvalue weighted by Crippen LogP contribution is -2.25. The van der Waals surface area contributed by atoms with Gasteiger partial charge in [0.15, 0.2) is 0 Å². The topological polar surface area (TPSA) is 84.5 Å². The third kappa shape index (κ3) is 5.86. The molecule has 1 amide bonds. The molecule has 0 bridgehead atoms. The van der Waals surface area contributed by atoms with Gasteiger partial charge < -0.3 is 10.1 Å². The Morgan fingerprint density at radius 2 is 1.85 bits per heavy atom. The summed E-state index contributed by atoms with van der Waals surface area (Å²) in [5.41, 5.74) is 1.81. The Morgan fingerprint density at radius 3 is 2.54 bits per heavy atom. The zero-order chi connectivity index (χ0) is 19.0. The van der Waals surface area contributed by atoms with Crippen LogP contribution < -0.4 is 10.0 Å². The third-order valence-electron chi connectivity index (χ3n) is 3.67. The van der Waals surface area contributed by atoms with Crippen molar-refractivity contribution in [3.63, 3.8) is 0 Å². The second kappa shape index (κ2) is 9.35. The average molecular weight is 376 g/mol. The third-order valence-corrected chi connectivity index (χ3v) is 5.04. The highest BCUT2D eigenvalue weighted by atomic mass is 32.2. The molecule has 0 fully saturated rings. The Morgan fingerprint density at radius 1 is 1.12 bits per heavy atom. The number of amides is 1. The lowest BCUT2D eigenvalue weighted by molar-refractivity contribution is 0.0944. The smallest absolute Gasteiger partial charge is 0.261 e. The Kier molecular flexibility index (Phi) is 7.17. The number of carbonyl (C=O) groups is 1. The molecule has 0 saturated carbocycles. The summed E-state index contributed by atoms with van der Waals surface area (Å²) >= 11 is 0. The SMILES string of the molecule is CCOCCCNC(=O)c1cccc(S(=O)(=O)Nc2ccc(C)cc2)c1. The van der Waals surface area contributed by atoms with Gasteiger partial charge in [0.1, 0.15) is 0 Å². The molecular weight excluding hydrogens is 352 g/mol. The molecule has 2 rings (SSSR count). The van der Waals surface area contributed by atoms with Crippen molar-refractivity contribution < 1.29 is 17.9 Å². The number of anilines is 1. The zero-order valence-electron chi connectivity index (χ0n) is 15.0. The van der Waals surface area contributed by atoms with Crippen LogP contribution in [0, 0.1) is 6.92 Å². The van der Waals surface area contributed by atoms with E-state index in [2.05, 4.69) is 10.0 Å². The normalized spacial score (nSPS) is 11.2. The maximum Gasteiger partial charge on any atom is 0.261 e. The van der Waals surface area contributed by atoms with E-state index in [0.717, 1.165) is 5.56 Å². The van der Waals surface area contributed by atoms with Gasteiger partial charge in [-0.15, -0.1) is 0 Å². The van der Waals surface area contributed by atoms with Crippen molar-refractivity contribution in [2.24, 2.45) is 0 Å². The van der Waals surface area contributed by atoms with Crippen molar-refractivity contribution >= 4 is 21.6 Å². The summed E-state index contributed by atoms with van der Waals surface area (Å²) in [7, 11) is -3.76. The van der Waals surface area contributed by atoms with Crippen molar-refractivity contribution in [1.82, 2.24) is 5.32 Å². The minimum absolute atomic E-state index is 0.0417. The Hall–Kier alpha value is -2.38. The molecule has 6 nitrogen and oxygen atoms in total. The van der Waals surface area contributed by atoms with Gasteiger partial charge in [0.2, 0.25) is 0 Å². The second-order valence-electron chi connectivity index (χ2n) is 5.81. The first-order chi connectivity index (χ1) is 12.4. The largest absolute Gasteiger partial charge is 0.382 e. The van der Waals surface area contributed by atoms with Gasteiger partial charge >= 0.3 is 0 Å². The minimum atomic E-state index is -3.76. The summed E-state index contributed by atoms with van der Waals surface area (Å²) in [5, 5.41) is 2.76. The number of hydrogen-bond donors (Lipinski definition) is 2. The molecule has 0 aliphatic heterocycles. The number of sulfonamides is 1. The van der Waals surface area contributed by atoms with E-state index in [9.17, 15) is 13.2 Å². The number of benzene rings is 2. The fourth-order valence-corrected chi connectivity index (χ4v) is 3.37. The molecule has 0 spiro atoms. The number of nitrogens with one attached hydrogen (secondary N) is 2. The predicted molar refractivity (Wildman–Crippen MR) is 102 cm³/mol. The van der Waals surface area contributed by atoms with E-state index in [1.165, 1.54) is 12.1 Å². The number of rotatable bonds is 9. The first-order valence-corrected chi connectivity index (χ1v) is 9.96. The molecule has 0 radical (unpaired) electrons. The monoisotopic (exact) mass is 376 g/mol. The summed E-state index contributed by atoms with van der Waals surface area (Å²) in [6, 6.07) is 13.0. The molecule has 0 unspecified atom stereocenters. The first-order valence-electron chi connectivity index (χ1n) is 8.48. The van der Waals surface area contributed by atoms with Gasteiger partial charge in [0, 0.05) is 31.0 Å². The number of carbonyl (C=O) groups excluding carboxylic acids is 1. The van der Waals surface area contributed by atoms with E-state index in [0.29, 0.717) is 37.4 Å². The minimum Gasteiger partial charge on any atom is -0.382 e. The van der Waals surface area contributed by atoms with Crippen molar-refractivity contribution in [3.05, 3.63) is 59.7 Å². The summed E-state index contributed by atoms with van der Waals surface area (Å²) in [4.78, 5) is 12.2. The molecule has 0 aliphatic carbocycles. The van der Waals surface area contributed by atoms with E-state index in [1.54, 1.807) is 24.3 Å². The number of ether oxygens (including phenoxy) is 1. The molecular formula is C19H24N2O4S. The van der Waals surface area contributed by atoms with Gasteiger partial charge in [-0.05, 0) is 50.6 Å². The highest BCUT2D eigenvalue weighted by Gasteiger charge is 2.16. The van der Waals surface area contributed by atoms with Crippen LogP contribution in [0.25, 0.3) is 0 Å². The Labute approximate surface area is 154 Å². The van der Waals surface area contributed by atoms with Gasteiger partial charge in [0.25, 0.3) is 15.9 Å². The van der Waals surface area contributed by atoms with Crippen LogP contribution in [0.1, 0.15) is 29.3 Å². The maximum atomic E-state index is 12.5. The lowest BCUT2D eigenvalue weighted by atomic mass is 10.2. The number of hydrogen-bond acceptors (Lipinski definition) is 4. The van der Waals surface area contributed by atoms with Crippen molar-refractivity contribution in [3.8, 4) is 0 Å².